The summed E-state index contributed by atoms with van der Waals surface area (Å²) in [5, 5.41) is 16.3. The first-order valence-corrected chi connectivity index (χ1v) is 8.22. The minimum atomic E-state index is -0.286. The third kappa shape index (κ3) is 4.86. The summed E-state index contributed by atoms with van der Waals surface area (Å²) in [6, 6.07) is 11.8. The van der Waals surface area contributed by atoms with Crippen molar-refractivity contribution in [2.24, 2.45) is 0 Å². The Hall–Kier alpha value is -1.77. The van der Waals surface area contributed by atoms with E-state index in [9.17, 15) is 4.79 Å². The maximum atomic E-state index is 12.1. The number of hydrogen-bond acceptors (Lipinski definition) is 3. The average molecular weight is 383 g/mol. The Labute approximate surface area is 155 Å². The van der Waals surface area contributed by atoms with Gasteiger partial charge in [0.25, 0.3) is 0 Å². The second kappa shape index (κ2) is 8.36. The first kappa shape index (κ1) is 18.6. The first-order valence-electron chi connectivity index (χ1n) is 7.08. The highest BCUT2D eigenvalue weighted by Crippen LogP contribution is 2.26. The summed E-state index contributed by atoms with van der Waals surface area (Å²) in [5.41, 5.74) is 1.57. The summed E-state index contributed by atoms with van der Waals surface area (Å²) < 4.78 is 0. The normalized spacial score (nSPS) is 11.6. The molecule has 2 aromatic carbocycles. The van der Waals surface area contributed by atoms with E-state index in [0.29, 0.717) is 26.3 Å². The molecule has 0 aromatic heterocycles. The molecule has 1 amide bonds. The van der Waals surface area contributed by atoms with Crippen LogP contribution >= 0.6 is 34.8 Å². The number of carbonyl (C=O) groups excluding carboxylic acids is 1. The number of nitrogens with zero attached hydrogens (tertiary/aromatic N) is 1. The van der Waals surface area contributed by atoms with Crippen molar-refractivity contribution in [1.82, 2.24) is 5.32 Å². The molecule has 0 spiro atoms. The molecular formula is C17H14Cl3N3O. The van der Waals surface area contributed by atoms with Crippen LogP contribution in [0.1, 0.15) is 24.1 Å². The third-order valence-electron chi connectivity index (χ3n) is 3.37. The van der Waals surface area contributed by atoms with Crippen LogP contribution in [0.4, 0.5) is 5.69 Å². The maximum Gasteiger partial charge on any atom is 0.238 e. The van der Waals surface area contributed by atoms with Gasteiger partial charge in [-0.3, -0.25) is 4.79 Å². The van der Waals surface area contributed by atoms with Crippen LogP contribution in [0.25, 0.3) is 0 Å². The summed E-state index contributed by atoms with van der Waals surface area (Å²) in [5.74, 6) is -0.286. The fourth-order valence-corrected chi connectivity index (χ4v) is 2.86. The lowest BCUT2D eigenvalue weighted by molar-refractivity contribution is -0.115. The SMILES string of the molecule is C[C@H](NCC(=O)Nc1cc(Cl)ccc1C#N)c1ccc(Cl)cc1Cl. The molecule has 24 heavy (non-hydrogen) atoms. The Kier molecular flexibility index (Phi) is 6.47. The van der Waals surface area contributed by atoms with Gasteiger partial charge in [-0.1, -0.05) is 40.9 Å². The fourth-order valence-electron chi connectivity index (χ4n) is 2.12. The highest BCUT2D eigenvalue weighted by Gasteiger charge is 2.12. The van der Waals surface area contributed by atoms with E-state index >= 15 is 0 Å². The number of rotatable bonds is 5. The van der Waals surface area contributed by atoms with Crippen molar-refractivity contribution in [3.05, 3.63) is 62.6 Å². The zero-order valence-electron chi connectivity index (χ0n) is 12.7. The molecule has 0 aliphatic rings. The van der Waals surface area contributed by atoms with Crippen LogP contribution in [0.2, 0.25) is 15.1 Å². The smallest absolute Gasteiger partial charge is 0.238 e. The minimum Gasteiger partial charge on any atom is -0.324 e. The van der Waals surface area contributed by atoms with Gasteiger partial charge in [-0.25, -0.2) is 0 Å². The van der Waals surface area contributed by atoms with Crippen molar-refractivity contribution < 1.29 is 4.79 Å². The zero-order chi connectivity index (χ0) is 17.7. The molecule has 7 heteroatoms. The van der Waals surface area contributed by atoms with E-state index in [1.807, 2.05) is 19.1 Å². The lowest BCUT2D eigenvalue weighted by Gasteiger charge is -2.16. The van der Waals surface area contributed by atoms with Crippen LogP contribution in [0.5, 0.6) is 0 Å². The lowest BCUT2D eigenvalue weighted by atomic mass is 10.1. The van der Waals surface area contributed by atoms with Gasteiger partial charge in [0.05, 0.1) is 17.8 Å². The molecule has 2 rings (SSSR count). The Morgan fingerprint density at radius 1 is 1.17 bits per heavy atom. The monoisotopic (exact) mass is 381 g/mol. The van der Waals surface area contributed by atoms with Gasteiger partial charge in [-0.05, 0) is 42.8 Å². The van der Waals surface area contributed by atoms with Crippen molar-refractivity contribution in [1.29, 1.82) is 5.26 Å². The molecule has 0 heterocycles. The molecule has 0 fully saturated rings. The second-order valence-corrected chi connectivity index (χ2v) is 6.40. The fraction of sp³-hybridized carbons (Fsp3) is 0.176. The average Bonchev–Trinajstić information content (AvgIpc) is 2.53. The number of nitrogens with one attached hydrogen (secondary N) is 2. The van der Waals surface area contributed by atoms with Gasteiger partial charge in [0.2, 0.25) is 5.91 Å². The number of nitriles is 1. The van der Waals surface area contributed by atoms with E-state index < -0.39 is 0 Å². The number of anilines is 1. The molecule has 1 atom stereocenters. The lowest BCUT2D eigenvalue weighted by Crippen LogP contribution is -2.30. The number of amides is 1. The molecule has 0 saturated heterocycles. The van der Waals surface area contributed by atoms with E-state index in [2.05, 4.69) is 10.6 Å². The van der Waals surface area contributed by atoms with E-state index in [-0.39, 0.29) is 18.5 Å². The maximum absolute atomic E-state index is 12.1. The number of benzene rings is 2. The summed E-state index contributed by atoms with van der Waals surface area (Å²) in [4.78, 5) is 12.1. The summed E-state index contributed by atoms with van der Waals surface area (Å²) in [7, 11) is 0. The van der Waals surface area contributed by atoms with Crippen LogP contribution in [-0.2, 0) is 4.79 Å². The Morgan fingerprint density at radius 3 is 2.50 bits per heavy atom. The molecule has 0 unspecified atom stereocenters. The molecular weight excluding hydrogens is 369 g/mol. The summed E-state index contributed by atoms with van der Waals surface area (Å²) in [6.07, 6.45) is 0. The molecule has 0 bridgehead atoms. The summed E-state index contributed by atoms with van der Waals surface area (Å²) in [6.45, 7) is 1.94. The van der Waals surface area contributed by atoms with Gasteiger partial charge in [0.1, 0.15) is 6.07 Å². The quantitative estimate of drug-likeness (QED) is 0.780. The van der Waals surface area contributed by atoms with Crippen LogP contribution < -0.4 is 10.6 Å². The Bertz CT molecular complexity index is 802. The molecule has 124 valence electrons. The van der Waals surface area contributed by atoms with Crippen LogP contribution in [0.15, 0.2) is 36.4 Å². The van der Waals surface area contributed by atoms with Crippen LogP contribution in [0.3, 0.4) is 0 Å². The van der Waals surface area contributed by atoms with Crippen molar-refractivity contribution in [2.75, 3.05) is 11.9 Å². The topological polar surface area (TPSA) is 64.9 Å². The highest BCUT2D eigenvalue weighted by atomic mass is 35.5. The molecule has 2 N–H and O–H groups in total. The Morgan fingerprint density at radius 2 is 1.83 bits per heavy atom. The van der Waals surface area contributed by atoms with E-state index in [4.69, 9.17) is 40.1 Å². The summed E-state index contributed by atoms with van der Waals surface area (Å²) >= 11 is 17.9. The third-order valence-corrected chi connectivity index (χ3v) is 4.17. The highest BCUT2D eigenvalue weighted by molar-refractivity contribution is 6.35. The van der Waals surface area contributed by atoms with E-state index in [1.165, 1.54) is 6.07 Å². The second-order valence-electron chi connectivity index (χ2n) is 5.12. The van der Waals surface area contributed by atoms with Gasteiger partial charge in [0.15, 0.2) is 0 Å². The minimum absolute atomic E-state index is 0.0531. The predicted molar refractivity (Wildman–Crippen MR) is 97.7 cm³/mol. The molecule has 2 aromatic rings. The van der Waals surface area contributed by atoms with Gasteiger partial charge in [0, 0.05) is 21.1 Å². The van der Waals surface area contributed by atoms with E-state index in [0.717, 1.165) is 5.56 Å². The van der Waals surface area contributed by atoms with Crippen LogP contribution in [-0.4, -0.2) is 12.5 Å². The molecule has 0 saturated carbocycles. The van der Waals surface area contributed by atoms with Crippen LogP contribution in [0, 0.1) is 11.3 Å². The number of carbonyl (C=O) groups is 1. The van der Waals surface area contributed by atoms with Gasteiger partial charge in [-0.15, -0.1) is 0 Å². The molecule has 0 radical (unpaired) electrons. The molecule has 4 nitrogen and oxygen atoms in total. The van der Waals surface area contributed by atoms with Gasteiger partial charge in [-0.2, -0.15) is 5.26 Å². The standard InChI is InChI=1S/C17H14Cl3N3O/c1-10(14-5-4-12(18)6-15(14)20)22-9-17(24)23-16-7-13(19)3-2-11(16)8-21/h2-7,10,22H,9H2,1H3,(H,23,24)/t10-/m0/s1. The molecule has 0 aliphatic carbocycles. The number of hydrogen-bond donors (Lipinski definition) is 2. The van der Waals surface area contributed by atoms with E-state index in [1.54, 1.807) is 24.3 Å². The zero-order valence-corrected chi connectivity index (χ0v) is 15.0. The van der Waals surface area contributed by atoms with Crippen molar-refractivity contribution in [2.45, 2.75) is 13.0 Å². The molecule has 0 aliphatic heterocycles. The number of halogens is 3. The first-order chi connectivity index (χ1) is 11.4. The van der Waals surface area contributed by atoms with Gasteiger partial charge >= 0.3 is 0 Å². The van der Waals surface area contributed by atoms with Crippen molar-refractivity contribution in [3.8, 4) is 6.07 Å². The largest absolute Gasteiger partial charge is 0.324 e. The predicted octanol–water partition coefficient (Wildman–Crippen LogP) is 4.81. The van der Waals surface area contributed by atoms with Crippen molar-refractivity contribution >= 4 is 46.4 Å². The van der Waals surface area contributed by atoms with Crippen molar-refractivity contribution in [3.63, 3.8) is 0 Å². The Balaban J connectivity index is 1.98. The van der Waals surface area contributed by atoms with Gasteiger partial charge < -0.3 is 10.6 Å².